The van der Waals surface area contributed by atoms with E-state index in [-0.39, 0.29) is 12.1 Å². The number of anilines is 1. The van der Waals surface area contributed by atoms with Gasteiger partial charge in [-0.15, -0.1) is 0 Å². The Labute approximate surface area is 149 Å². The van der Waals surface area contributed by atoms with Crippen LogP contribution in [0, 0.1) is 5.92 Å². The molecule has 0 bridgehead atoms. The molecule has 0 amide bonds. The molecule has 1 fully saturated rings. The maximum atomic E-state index is 6.50. The van der Waals surface area contributed by atoms with Gasteiger partial charge in [-0.3, -0.25) is 0 Å². The van der Waals surface area contributed by atoms with Crippen LogP contribution in [0.3, 0.4) is 0 Å². The molecule has 0 aliphatic carbocycles. The first-order valence-electron chi connectivity index (χ1n) is 8.91. The Morgan fingerprint density at radius 3 is 2.75 bits per heavy atom. The maximum absolute atomic E-state index is 6.50. The molecule has 3 unspecified atom stereocenters. The van der Waals surface area contributed by atoms with Crippen LogP contribution in [0.2, 0.25) is 5.02 Å². The van der Waals surface area contributed by atoms with Crippen molar-refractivity contribution in [3.8, 4) is 0 Å². The SMILES string of the molecule is CC(C)c1ccc2c(c1)C1OCCCC1C(c1ccccc1Cl)N2. The number of hydrogen-bond acceptors (Lipinski definition) is 2. The molecule has 1 N–H and O–H groups in total. The van der Waals surface area contributed by atoms with E-state index in [1.165, 1.54) is 28.8 Å². The van der Waals surface area contributed by atoms with Gasteiger partial charge in [-0.2, -0.15) is 0 Å². The summed E-state index contributed by atoms with van der Waals surface area (Å²) in [5, 5.41) is 4.59. The van der Waals surface area contributed by atoms with Crippen LogP contribution < -0.4 is 5.32 Å². The van der Waals surface area contributed by atoms with Gasteiger partial charge in [0.2, 0.25) is 0 Å². The third-order valence-corrected chi connectivity index (χ3v) is 5.74. The van der Waals surface area contributed by atoms with Crippen LogP contribution in [-0.2, 0) is 4.74 Å². The molecule has 0 aromatic heterocycles. The van der Waals surface area contributed by atoms with Crippen LogP contribution in [0.5, 0.6) is 0 Å². The second-order valence-corrected chi connectivity index (χ2v) is 7.65. The van der Waals surface area contributed by atoms with E-state index in [1.807, 2.05) is 12.1 Å². The van der Waals surface area contributed by atoms with Gasteiger partial charge in [0, 0.05) is 28.8 Å². The average Bonchev–Trinajstić information content (AvgIpc) is 2.61. The lowest BCUT2D eigenvalue weighted by molar-refractivity contribution is -0.0381. The minimum Gasteiger partial charge on any atom is -0.377 e. The number of rotatable bonds is 2. The van der Waals surface area contributed by atoms with Crippen molar-refractivity contribution in [3.05, 3.63) is 64.2 Å². The van der Waals surface area contributed by atoms with E-state index in [4.69, 9.17) is 16.3 Å². The van der Waals surface area contributed by atoms with Crippen molar-refractivity contribution in [1.82, 2.24) is 0 Å². The van der Waals surface area contributed by atoms with E-state index in [0.29, 0.717) is 11.8 Å². The van der Waals surface area contributed by atoms with E-state index in [0.717, 1.165) is 18.1 Å². The largest absolute Gasteiger partial charge is 0.377 e. The predicted molar refractivity (Wildman–Crippen MR) is 99.8 cm³/mol. The van der Waals surface area contributed by atoms with E-state index in [1.54, 1.807) is 0 Å². The summed E-state index contributed by atoms with van der Waals surface area (Å²) >= 11 is 6.50. The third-order valence-electron chi connectivity index (χ3n) is 5.40. The standard InChI is InChI=1S/C21H24ClNO/c1-13(2)14-9-10-19-17(12-14)21-16(7-5-11-24-21)20(23-19)15-6-3-4-8-18(15)22/h3-4,6,8-10,12-13,16,20-21,23H,5,7,11H2,1-2H3. The Morgan fingerprint density at radius 1 is 1.12 bits per heavy atom. The topological polar surface area (TPSA) is 21.3 Å². The van der Waals surface area contributed by atoms with Crippen molar-refractivity contribution < 1.29 is 4.74 Å². The van der Waals surface area contributed by atoms with Gasteiger partial charge in [-0.05, 0) is 42.0 Å². The van der Waals surface area contributed by atoms with E-state index >= 15 is 0 Å². The molecule has 0 spiro atoms. The zero-order valence-corrected chi connectivity index (χ0v) is 15.0. The number of fused-ring (bicyclic) bond motifs is 3. The molecule has 126 valence electrons. The van der Waals surface area contributed by atoms with Crippen LogP contribution in [0.15, 0.2) is 42.5 Å². The minimum absolute atomic E-state index is 0.162. The summed E-state index contributed by atoms with van der Waals surface area (Å²) < 4.78 is 6.25. The fourth-order valence-electron chi connectivity index (χ4n) is 4.08. The number of benzene rings is 2. The predicted octanol–water partition coefficient (Wildman–Crippen LogP) is 6.10. The molecule has 0 saturated carbocycles. The number of halogens is 1. The lowest BCUT2D eigenvalue weighted by Crippen LogP contribution is -2.36. The maximum Gasteiger partial charge on any atom is 0.0895 e. The smallest absolute Gasteiger partial charge is 0.0895 e. The summed E-state index contributed by atoms with van der Waals surface area (Å²) in [6.45, 7) is 5.33. The molecular formula is C21H24ClNO. The van der Waals surface area contributed by atoms with Crippen molar-refractivity contribution >= 4 is 17.3 Å². The normalized spacial score (nSPS) is 25.8. The highest BCUT2D eigenvalue weighted by Crippen LogP contribution is 2.50. The number of hydrogen-bond donors (Lipinski definition) is 1. The first-order chi connectivity index (χ1) is 11.6. The molecule has 3 heteroatoms. The summed E-state index contributed by atoms with van der Waals surface area (Å²) in [6, 6.07) is 15.2. The van der Waals surface area contributed by atoms with Crippen molar-refractivity contribution in [2.24, 2.45) is 5.92 Å². The zero-order valence-electron chi connectivity index (χ0n) is 14.3. The van der Waals surface area contributed by atoms with Crippen molar-refractivity contribution in [1.29, 1.82) is 0 Å². The first kappa shape index (κ1) is 16.0. The third kappa shape index (κ3) is 2.72. The number of nitrogens with one attached hydrogen (secondary N) is 1. The summed E-state index contributed by atoms with van der Waals surface area (Å²) in [6.07, 6.45) is 2.44. The van der Waals surface area contributed by atoms with Crippen molar-refractivity contribution in [3.63, 3.8) is 0 Å². The molecule has 24 heavy (non-hydrogen) atoms. The lowest BCUT2D eigenvalue weighted by atomic mass is 9.77. The van der Waals surface area contributed by atoms with Crippen LogP contribution in [0.25, 0.3) is 0 Å². The Morgan fingerprint density at radius 2 is 1.96 bits per heavy atom. The van der Waals surface area contributed by atoms with Crippen LogP contribution in [-0.4, -0.2) is 6.61 Å². The highest BCUT2D eigenvalue weighted by Gasteiger charge is 2.40. The Kier molecular flexibility index (Phi) is 4.28. The van der Waals surface area contributed by atoms with Gasteiger partial charge in [0.1, 0.15) is 0 Å². The summed E-state index contributed by atoms with van der Waals surface area (Å²) in [5.41, 5.74) is 5.06. The molecule has 2 aliphatic heterocycles. The van der Waals surface area contributed by atoms with Crippen LogP contribution in [0.1, 0.15) is 61.4 Å². The van der Waals surface area contributed by atoms with E-state index in [2.05, 4.69) is 49.5 Å². The molecule has 0 radical (unpaired) electrons. The van der Waals surface area contributed by atoms with E-state index in [9.17, 15) is 0 Å². The summed E-state index contributed by atoms with van der Waals surface area (Å²) in [7, 11) is 0. The minimum atomic E-state index is 0.162. The van der Waals surface area contributed by atoms with E-state index < -0.39 is 0 Å². The zero-order chi connectivity index (χ0) is 16.7. The Hall–Kier alpha value is -1.51. The van der Waals surface area contributed by atoms with Gasteiger partial charge in [0.25, 0.3) is 0 Å². The second kappa shape index (κ2) is 6.42. The molecular weight excluding hydrogens is 318 g/mol. The van der Waals surface area contributed by atoms with Crippen LogP contribution in [0.4, 0.5) is 5.69 Å². The second-order valence-electron chi connectivity index (χ2n) is 7.24. The monoisotopic (exact) mass is 341 g/mol. The summed E-state index contributed by atoms with van der Waals surface area (Å²) in [5.74, 6) is 0.951. The van der Waals surface area contributed by atoms with Gasteiger partial charge in [-0.25, -0.2) is 0 Å². The summed E-state index contributed by atoms with van der Waals surface area (Å²) in [4.78, 5) is 0. The van der Waals surface area contributed by atoms with Crippen molar-refractivity contribution in [2.45, 2.75) is 44.8 Å². The molecule has 1 saturated heterocycles. The molecule has 2 heterocycles. The quantitative estimate of drug-likeness (QED) is 0.712. The number of ether oxygens (including phenoxy) is 1. The average molecular weight is 342 g/mol. The molecule has 2 aromatic rings. The molecule has 2 aromatic carbocycles. The Balaban J connectivity index is 1.79. The van der Waals surface area contributed by atoms with Gasteiger partial charge in [-0.1, -0.05) is 55.8 Å². The molecule has 2 aliphatic rings. The molecule has 3 atom stereocenters. The van der Waals surface area contributed by atoms with Gasteiger partial charge >= 0.3 is 0 Å². The van der Waals surface area contributed by atoms with Gasteiger partial charge in [0.05, 0.1) is 12.1 Å². The fraction of sp³-hybridized carbons (Fsp3) is 0.429. The molecule has 4 rings (SSSR count). The first-order valence-corrected chi connectivity index (χ1v) is 9.29. The van der Waals surface area contributed by atoms with Gasteiger partial charge < -0.3 is 10.1 Å². The molecule has 2 nitrogen and oxygen atoms in total. The lowest BCUT2D eigenvalue weighted by Gasteiger charge is -2.43. The Bertz CT molecular complexity index is 742. The highest BCUT2D eigenvalue weighted by atomic mass is 35.5. The van der Waals surface area contributed by atoms with Crippen LogP contribution >= 0.6 is 11.6 Å². The fourth-order valence-corrected chi connectivity index (χ4v) is 4.34. The highest BCUT2D eigenvalue weighted by molar-refractivity contribution is 6.31. The van der Waals surface area contributed by atoms with Crippen molar-refractivity contribution in [2.75, 3.05) is 11.9 Å². The van der Waals surface area contributed by atoms with Gasteiger partial charge in [0.15, 0.2) is 0 Å².